The first kappa shape index (κ1) is 39.2. The molecule has 0 bridgehead atoms. The summed E-state index contributed by atoms with van der Waals surface area (Å²) in [6.07, 6.45) is 5.65. The number of alkyl halides is 2. The van der Waals surface area contributed by atoms with Gasteiger partial charge in [0.05, 0.1) is 22.3 Å². The molecule has 19 heteroatoms. The molecule has 3 aromatic rings. The normalized spacial score (nSPS) is 26.6. The van der Waals surface area contributed by atoms with E-state index in [1.165, 1.54) is 19.1 Å². The van der Waals surface area contributed by atoms with Gasteiger partial charge in [0.15, 0.2) is 11.4 Å². The standard InChI is InChI=1S/C37H42F3N7O8S/c1-20-15-27(45-55-20)30(48)42-25-10-8-6-4-5-7-9-21-18-37(21,34(51)46-56(52,53)35(2)13-14-35)44-31(49)28-17-23(19-47(28)33(25)50)54-32-29(36(3,39)40)41-24-12-11-22(38)16-26(24)43-32/h7,9,11-12,15-16,21,23,25,28H,4-6,8,10,13-14,17-19H2,1-3H3,(H,42,48)(H,44,49)(H,46,51)/t21-,23-,25+,28+,37-/m1/s1. The first-order valence-electron chi connectivity index (χ1n) is 18.5. The molecule has 4 aliphatic rings. The molecule has 2 saturated carbocycles. The van der Waals surface area contributed by atoms with Gasteiger partial charge in [0.25, 0.3) is 17.7 Å². The van der Waals surface area contributed by atoms with Gasteiger partial charge in [0.1, 0.15) is 35.3 Å². The lowest BCUT2D eigenvalue weighted by molar-refractivity contribution is -0.141. The number of ether oxygens (including phenoxy) is 1. The molecule has 2 aromatic heterocycles. The van der Waals surface area contributed by atoms with Gasteiger partial charge < -0.3 is 24.8 Å². The van der Waals surface area contributed by atoms with E-state index >= 15 is 0 Å². The largest absolute Gasteiger partial charge is 0.471 e. The van der Waals surface area contributed by atoms with Gasteiger partial charge in [0, 0.05) is 31.4 Å². The number of allylic oxidation sites excluding steroid dienone is 1. The van der Waals surface area contributed by atoms with E-state index < -0.39 is 91.4 Å². The van der Waals surface area contributed by atoms with Gasteiger partial charge in [-0.3, -0.25) is 23.9 Å². The van der Waals surface area contributed by atoms with Gasteiger partial charge in [-0.05, 0) is 64.5 Å². The molecule has 3 fully saturated rings. The average molecular weight is 802 g/mol. The number of sulfonamides is 1. The summed E-state index contributed by atoms with van der Waals surface area (Å²) in [5, 5.41) is 9.17. The van der Waals surface area contributed by atoms with Gasteiger partial charge in [-0.15, -0.1) is 0 Å². The number of amides is 4. The Balaban J connectivity index is 1.23. The molecule has 300 valence electrons. The van der Waals surface area contributed by atoms with Gasteiger partial charge in [-0.1, -0.05) is 30.2 Å². The molecule has 2 aliphatic carbocycles. The number of aromatic nitrogens is 3. The minimum Gasteiger partial charge on any atom is -0.471 e. The number of nitrogens with zero attached hydrogens (tertiary/aromatic N) is 4. The summed E-state index contributed by atoms with van der Waals surface area (Å²) in [4.78, 5) is 65.2. The maximum absolute atomic E-state index is 14.9. The Kier molecular flexibility index (Phi) is 10.1. The molecule has 7 rings (SSSR count). The Morgan fingerprint density at radius 1 is 1.11 bits per heavy atom. The lowest BCUT2D eigenvalue weighted by Crippen LogP contribution is -2.58. The Hall–Kier alpha value is -5.07. The molecular weight excluding hydrogens is 760 g/mol. The first-order chi connectivity index (χ1) is 26.4. The zero-order valence-corrected chi connectivity index (χ0v) is 31.8. The summed E-state index contributed by atoms with van der Waals surface area (Å²) in [5.74, 6) is -8.23. The van der Waals surface area contributed by atoms with Crippen molar-refractivity contribution in [3.8, 4) is 5.88 Å². The van der Waals surface area contributed by atoms with Crippen LogP contribution in [0, 0.1) is 18.7 Å². The van der Waals surface area contributed by atoms with Crippen molar-refractivity contribution in [2.75, 3.05) is 6.54 Å². The molecule has 0 radical (unpaired) electrons. The van der Waals surface area contributed by atoms with Crippen molar-refractivity contribution < 1.29 is 50.0 Å². The Bertz CT molecular complexity index is 2220. The number of rotatable bonds is 8. The number of carbonyl (C=O) groups is 4. The molecule has 2 aliphatic heterocycles. The van der Waals surface area contributed by atoms with E-state index in [-0.39, 0.29) is 42.5 Å². The molecular formula is C37H42F3N7O8S. The quantitative estimate of drug-likeness (QED) is 0.280. The van der Waals surface area contributed by atoms with Crippen molar-refractivity contribution in [3.63, 3.8) is 0 Å². The van der Waals surface area contributed by atoms with Crippen LogP contribution in [-0.2, 0) is 30.3 Å². The van der Waals surface area contributed by atoms with Crippen LogP contribution in [0.25, 0.3) is 11.0 Å². The van der Waals surface area contributed by atoms with E-state index in [0.29, 0.717) is 51.2 Å². The van der Waals surface area contributed by atoms with E-state index in [9.17, 15) is 40.8 Å². The van der Waals surface area contributed by atoms with Crippen molar-refractivity contribution in [1.29, 1.82) is 0 Å². The fraction of sp³-hybridized carbons (Fsp3) is 0.541. The fourth-order valence-corrected chi connectivity index (χ4v) is 8.50. The predicted molar refractivity (Wildman–Crippen MR) is 192 cm³/mol. The predicted octanol–water partition coefficient (Wildman–Crippen LogP) is 3.72. The molecule has 5 atom stereocenters. The van der Waals surface area contributed by atoms with E-state index in [1.807, 2.05) is 6.08 Å². The molecule has 0 unspecified atom stereocenters. The second-order valence-electron chi connectivity index (χ2n) is 15.5. The highest BCUT2D eigenvalue weighted by molar-refractivity contribution is 7.91. The minimum atomic E-state index is -4.08. The molecule has 3 N–H and O–H groups in total. The fourth-order valence-electron chi connectivity index (χ4n) is 7.19. The Morgan fingerprint density at radius 3 is 2.57 bits per heavy atom. The molecule has 1 aromatic carbocycles. The number of hydrogen-bond acceptors (Lipinski definition) is 11. The number of nitrogens with one attached hydrogen (secondary N) is 3. The van der Waals surface area contributed by atoms with E-state index in [1.54, 1.807) is 13.0 Å². The number of aryl methyl sites for hydroxylation is 1. The maximum atomic E-state index is 14.9. The van der Waals surface area contributed by atoms with Gasteiger partial charge >= 0.3 is 0 Å². The zero-order valence-electron chi connectivity index (χ0n) is 30.9. The topological polar surface area (TPSA) is 203 Å². The average Bonchev–Trinajstić information content (AvgIpc) is 3.93. The van der Waals surface area contributed by atoms with Gasteiger partial charge in [-0.25, -0.2) is 22.8 Å². The van der Waals surface area contributed by atoms with Gasteiger partial charge in [0.2, 0.25) is 27.7 Å². The third-order valence-electron chi connectivity index (χ3n) is 10.9. The van der Waals surface area contributed by atoms with Crippen LogP contribution < -0.4 is 20.1 Å². The molecule has 4 heterocycles. The van der Waals surface area contributed by atoms with Crippen LogP contribution in [0.3, 0.4) is 0 Å². The van der Waals surface area contributed by atoms with Crippen LogP contribution in [0.4, 0.5) is 13.2 Å². The summed E-state index contributed by atoms with van der Waals surface area (Å²) in [6.45, 7) is 3.36. The molecule has 56 heavy (non-hydrogen) atoms. The maximum Gasteiger partial charge on any atom is 0.292 e. The summed E-state index contributed by atoms with van der Waals surface area (Å²) < 4.78 is 82.3. The van der Waals surface area contributed by atoms with Gasteiger partial charge in [-0.2, -0.15) is 8.78 Å². The Labute approximate surface area is 320 Å². The van der Waals surface area contributed by atoms with Crippen LogP contribution in [0.15, 0.2) is 40.9 Å². The smallest absolute Gasteiger partial charge is 0.292 e. The third-order valence-corrected chi connectivity index (χ3v) is 13.1. The number of carbonyl (C=O) groups excluding carboxylic acids is 4. The van der Waals surface area contributed by atoms with Crippen molar-refractivity contribution >= 4 is 44.7 Å². The minimum absolute atomic E-state index is 0.0147. The van der Waals surface area contributed by atoms with Crippen LogP contribution >= 0.6 is 0 Å². The van der Waals surface area contributed by atoms with Crippen molar-refractivity contribution in [1.82, 2.24) is 35.4 Å². The van der Waals surface area contributed by atoms with Crippen molar-refractivity contribution in [3.05, 3.63) is 59.4 Å². The van der Waals surface area contributed by atoms with E-state index in [2.05, 4.69) is 30.5 Å². The highest BCUT2D eigenvalue weighted by atomic mass is 32.2. The van der Waals surface area contributed by atoms with Crippen molar-refractivity contribution in [2.24, 2.45) is 5.92 Å². The lowest BCUT2D eigenvalue weighted by Gasteiger charge is -2.30. The second kappa shape index (κ2) is 14.5. The highest BCUT2D eigenvalue weighted by Gasteiger charge is 2.63. The van der Waals surface area contributed by atoms with E-state index in [4.69, 9.17) is 9.26 Å². The molecule has 15 nitrogen and oxygen atoms in total. The summed E-state index contributed by atoms with van der Waals surface area (Å²) in [6, 6.07) is 2.09. The summed E-state index contributed by atoms with van der Waals surface area (Å²) in [5.41, 5.74) is -2.67. The van der Waals surface area contributed by atoms with Crippen LogP contribution in [-0.4, -0.2) is 87.1 Å². The highest BCUT2D eigenvalue weighted by Crippen LogP contribution is 2.47. The third kappa shape index (κ3) is 7.82. The van der Waals surface area contributed by atoms with Crippen molar-refractivity contribution in [2.45, 2.75) is 113 Å². The number of halogens is 3. The number of benzene rings is 1. The lowest BCUT2D eigenvalue weighted by atomic mass is 10.0. The number of fused-ring (bicyclic) bond motifs is 3. The van der Waals surface area contributed by atoms with Crippen LogP contribution in [0.1, 0.15) is 93.6 Å². The molecule has 4 amide bonds. The van der Waals surface area contributed by atoms with Crippen LogP contribution in [0.5, 0.6) is 5.88 Å². The first-order valence-corrected chi connectivity index (χ1v) is 20.0. The monoisotopic (exact) mass is 801 g/mol. The summed E-state index contributed by atoms with van der Waals surface area (Å²) >= 11 is 0. The molecule has 0 spiro atoms. The second-order valence-corrected chi connectivity index (χ2v) is 17.6. The molecule has 1 saturated heterocycles. The summed E-state index contributed by atoms with van der Waals surface area (Å²) in [7, 11) is -4.08. The van der Waals surface area contributed by atoms with Crippen LogP contribution in [0.2, 0.25) is 0 Å². The zero-order chi connectivity index (χ0) is 40.2. The van der Waals surface area contributed by atoms with E-state index in [0.717, 1.165) is 17.0 Å². The Morgan fingerprint density at radius 2 is 1.88 bits per heavy atom. The number of hydrogen-bond donors (Lipinski definition) is 3. The SMILES string of the molecule is Cc1cc(C(=O)N[C@H]2CCCCCC=C[C@@H]3C[C@@]3(C(=O)NS(=O)(=O)C3(C)CC3)NC(=O)[C@@H]3C[C@@H](Oc4nc5cc(F)ccc5nc4C(C)(F)F)CN3C2=O)no1.